The summed E-state index contributed by atoms with van der Waals surface area (Å²) in [6, 6.07) is 1.69. The van der Waals surface area contributed by atoms with Gasteiger partial charge in [0.1, 0.15) is 4.21 Å². The van der Waals surface area contributed by atoms with E-state index in [-0.39, 0.29) is 11.3 Å². The van der Waals surface area contributed by atoms with Gasteiger partial charge in [-0.2, -0.15) is 0 Å². The molecule has 0 spiro atoms. The zero-order valence-corrected chi connectivity index (χ0v) is 14.6. The van der Waals surface area contributed by atoms with E-state index in [9.17, 15) is 8.42 Å². The minimum atomic E-state index is -3.40. The molecule has 1 aromatic rings. The van der Waals surface area contributed by atoms with E-state index in [1.54, 1.807) is 6.07 Å². The van der Waals surface area contributed by atoms with Gasteiger partial charge in [-0.05, 0) is 53.2 Å². The molecule has 2 atom stereocenters. The Morgan fingerprint density at radius 3 is 2.74 bits per heavy atom. The van der Waals surface area contributed by atoms with Gasteiger partial charge >= 0.3 is 0 Å². The Labute approximate surface area is 131 Å². The minimum absolute atomic E-state index is 0.0910. The van der Waals surface area contributed by atoms with Gasteiger partial charge in [-0.1, -0.05) is 12.8 Å². The fraction of sp³-hybridized carbons (Fsp3) is 0.667. The van der Waals surface area contributed by atoms with Crippen LogP contribution in [0.15, 0.2) is 14.1 Å². The highest BCUT2D eigenvalue weighted by atomic mass is 79.9. The van der Waals surface area contributed by atoms with Gasteiger partial charge in [-0.25, -0.2) is 13.1 Å². The van der Waals surface area contributed by atoms with Crippen LogP contribution in [0.4, 0.5) is 0 Å². The molecular formula is C12H17BrClNO2S2. The van der Waals surface area contributed by atoms with Crippen molar-refractivity contribution in [2.45, 2.75) is 42.2 Å². The fourth-order valence-corrected chi connectivity index (χ4v) is 5.98. The van der Waals surface area contributed by atoms with Crippen LogP contribution in [0.1, 0.15) is 31.2 Å². The van der Waals surface area contributed by atoms with E-state index in [0.29, 0.717) is 10.8 Å². The van der Waals surface area contributed by atoms with E-state index in [1.165, 1.54) is 11.3 Å². The Bertz CT molecular complexity index is 524. The predicted octanol–water partition coefficient (Wildman–Crippen LogP) is 3.89. The number of thiophene rings is 1. The van der Waals surface area contributed by atoms with Crippen molar-refractivity contribution >= 4 is 48.9 Å². The Kier molecular flexibility index (Phi) is 5.34. The molecule has 1 aliphatic rings. The lowest BCUT2D eigenvalue weighted by Crippen LogP contribution is -2.34. The summed E-state index contributed by atoms with van der Waals surface area (Å²) >= 11 is 10.8. The van der Waals surface area contributed by atoms with Gasteiger partial charge in [-0.3, -0.25) is 0 Å². The molecule has 0 radical (unpaired) electrons. The van der Waals surface area contributed by atoms with Gasteiger partial charge in [0.25, 0.3) is 0 Å². The molecule has 0 saturated heterocycles. The molecule has 1 saturated carbocycles. The van der Waals surface area contributed by atoms with Crippen molar-refractivity contribution in [2.24, 2.45) is 5.92 Å². The van der Waals surface area contributed by atoms with Crippen LogP contribution < -0.4 is 4.72 Å². The molecule has 2 unspecified atom stereocenters. The Balaban J connectivity index is 2.01. The van der Waals surface area contributed by atoms with E-state index < -0.39 is 10.0 Å². The zero-order valence-electron chi connectivity index (χ0n) is 10.7. The maximum atomic E-state index is 12.2. The van der Waals surface area contributed by atoms with Crippen LogP contribution in [0.3, 0.4) is 0 Å². The van der Waals surface area contributed by atoms with Gasteiger partial charge < -0.3 is 0 Å². The number of halogens is 2. The lowest BCUT2D eigenvalue weighted by molar-refractivity contribution is 0.364. The average molecular weight is 387 g/mol. The largest absolute Gasteiger partial charge is 0.250 e. The van der Waals surface area contributed by atoms with Crippen molar-refractivity contribution in [1.82, 2.24) is 4.72 Å². The lowest BCUT2D eigenvalue weighted by Gasteiger charge is -2.26. The Hall–Kier alpha value is 0.380. The number of hydrogen-bond acceptors (Lipinski definition) is 3. The molecule has 1 N–H and O–H groups in total. The monoisotopic (exact) mass is 385 g/mol. The van der Waals surface area contributed by atoms with Crippen molar-refractivity contribution in [3.63, 3.8) is 0 Å². The molecule has 1 aromatic heterocycles. The van der Waals surface area contributed by atoms with Crippen LogP contribution in [0, 0.1) is 12.8 Å². The summed E-state index contributed by atoms with van der Waals surface area (Å²) in [4.78, 5) is 0. The topological polar surface area (TPSA) is 46.2 Å². The molecule has 0 amide bonds. The van der Waals surface area contributed by atoms with Crippen molar-refractivity contribution in [2.75, 3.05) is 6.54 Å². The van der Waals surface area contributed by atoms with Crippen LogP contribution in [0.2, 0.25) is 0 Å². The van der Waals surface area contributed by atoms with Crippen molar-refractivity contribution in [3.05, 3.63) is 15.4 Å². The highest BCUT2D eigenvalue weighted by Crippen LogP contribution is 2.31. The first-order valence-corrected chi connectivity index (χ1v) is 9.83. The van der Waals surface area contributed by atoms with Crippen LogP contribution in [-0.2, 0) is 10.0 Å². The Morgan fingerprint density at radius 2 is 2.16 bits per heavy atom. The van der Waals surface area contributed by atoms with Crippen molar-refractivity contribution < 1.29 is 8.42 Å². The van der Waals surface area contributed by atoms with E-state index in [1.807, 2.05) is 6.92 Å². The van der Waals surface area contributed by atoms with Crippen molar-refractivity contribution in [1.29, 1.82) is 0 Å². The average Bonchev–Trinajstić information content (AvgIpc) is 2.70. The van der Waals surface area contributed by atoms with Gasteiger partial charge in [-0.15, -0.1) is 22.9 Å². The molecule has 0 bridgehead atoms. The number of sulfonamides is 1. The van der Waals surface area contributed by atoms with Gasteiger partial charge in [0, 0.05) is 11.9 Å². The summed E-state index contributed by atoms with van der Waals surface area (Å²) in [5.74, 6) is 0.245. The van der Waals surface area contributed by atoms with Gasteiger partial charge in [0.15, 0.2) is 0 Å². The molecule has 19 heavy (non-hydrogen) atoms. The van der Waals surface area contributed by atoms with E-state index in [2.05, 4.69) is 20.7 Å². The number of aryl methyl sites for hydroxylation is 1. The summed E-state index contributed by atoms with van der Waals surface area (Å²) in [5, 5.41) is 0.0910. The highest BCUT2D eigenvalue weighted by molar-refractivity contribution is 9.11. The highest BCUT2D eigenvalue weighted by Gasteiger charge is 2.26. The molecule has 1 heterocycles. The first-order valence-electron chi connectivity index (χ1n) is 6.30. The number of nitrogens with one attached hydrogen (secondary N) is 1. The smallest absolute Gasteiger partial charge is 0.210 e. The minimum Gasteiger partial charge on any atom is -0.210 e. The molecule has 0 aliphatic heterocycles. The number of alkyl halides is 1. The van der Waals surface area contributed by atoms with Crippen molar-refractivity contribution in [3.8, 4) is 0 Å². The normalized spacial score (nSPS) is 24.6. The second-order valence-electron chi connectivity index (χ2n) is 4.93. The fourth-order valence-electron chi connectivity index (χ4n) is 2.24. The molecule has 1 fully saturated rings. The molecule has 0 aromatic carbocycles. The molecular weight excluding hydrogens is 370 g/mol. The standard InChI is InChI=1S/C12H17BrClNO2S2/c1-8-6-11(18-12(8)13)19(16,17)15-7-9-4-2-3-5-10(9)14/h6,9-10,15H,2-5,7H2,1H3. The van der Waals surface area contributed by atoms with E-state index in [4.69, 9.17) is 11.6 Å². The third kappa shape index (κ3) is 3.94. The van der Waals surface area contributed by atoms with E-state index >= 15 is 0 Å². The Morgan fingerprint density at radius 1 is 1.47 bits per heavy atom. The summed E-state index contributed by atoms with van der Waals surface area (Å²) in [6.45, 7) is 2.32. The summed E-state index contributed by atoms with van der Waals surface area (Å²) in [7, 11) is -3.40. The second kappa shape index (κ2) is 6.43. The number of hydrogen-bond donors (Lipinski definition) is 1. The molecule has 2 rings (SSSR count). The van der Waals surface area contributed by atoms with Crippen LogP contribution >= 0.6 is 38.9 Å². The summed E-state index contributed by atoms with van der Waals surface area (Å²) in [6.07, 6.45) is 4.27. The maximum Gasteiger partial charge on any atom is 0.250 e. The quantitative estimate of drug-likeness (QED) is 0.798. The second-order valence-corrected chi connectivity index (χ2v) is 9.86. The molecule has 1 aliphatic carbocycles. The lowest BCUT2D eigenvalue weighted by atomic mass is 9.89. The van der Waals surface area contributed by atoms with Crippen LogP contribution in [-0.4, -0.2) is 20.3 Å². The third-order valence-electron chi connectivity index (χ3n) is 3.45. The van der Waals surface area contributed by atoms with Gasteiger partial charge in [0.2, 0.25) is 10.0 Å². The first-order chi connectivity index (χ1) is 8.90. The summed E-state index contributed by atoms with van der Waals surface area (Å²) in [5.41, 5.74) is 0.943. The number of rotatable bonds is 4. The molecule has 3 nitrogen and oxygen atoms in total. The molecule has 7 heteroatoms. The first kappa shape index (κ1) is 15.8. The zero-order chi connectivity index (χ0) is 14.0. The van der Waals surface area contributed by atoms with Crippen LogP contribution in [0.5, 0.6) is 0 Å². The third-order valence-corrected chi connectivity index (χ3v) is 8.06. The SMILES string of the molecule is Cc1cc(S(=O)(=O)NCC2CCCCC2Cl)sc1Br. The maximum absolute atomic E-state index is 12.2. The van der Waals surface area contributed by atoms with Crippen LogP contribution in [0.25, 0.3) is 0 Å². The van der Waals surface area contributed by atoms with Gasteiger partial charge in [0.05, 0.1) is 3.79 Å². The summed E-state index contributed by atoms with van der Waals surface area (Å²) < 4.78 is 28.3. The van der Waals surface area contributed by atoms with E-state index in [0.717, 1.165) is 35.0 Å². The molecule has 108 valence electrons. The predicted molar refractivity (Wildman–Crippen MR) is 83.5 cm³/mol.